The lowest BCUT2D eigenvalue weighted by Crippen LogP contribution is -2.48. The van der Waals surface area contributed by atoms with Crippen molar-refractivity contribution < 1.29 is 29.0 Å². The molecule has 0 aliphatic carbocycles. The molecule has 0 aromatic rings. The molecule has 0 bridgehead atoms. The first kappa shape index (κ1) is 12.8. The third kappa shape index (κ3) is 2.06. The number of ether oxygens (including phenoxy) is 2. The van der Waals surface area contributed by atoms with Crippen LogP contribution in [0.3, 0.4) is 0 Å². The number of carboxylic acid groups (broad SMARTS) is 1. The molecular formula is C12H14N2O6. The molecule has 3 rings (SSSR count). The van der Waals surface area contributed by atoms with E-state index < -0.39 is 23.8 Å². The van der Waals surface area contributed by atoms with E-state index in [1.807, 2.05) is 0 Å². The molecule has 0 aromatic carbocycles. The quantitative estimate of drug-likeness (QED) is 0.699. The maximum Gasteiger partial charge on any atom is 0.414 e. The number of carbonyl (C=O) groups excluding carboxylic acids is 2. The standard InChI is InChI=1S/C12H14N2O6/c15-9-5-8(6-19-9)14-7-12(20-11(14)18)1-3-13(4-2-12)10(16)17/h5H,1-4,6-7H2,(H,16,17). The molecule has 0 unspecified atom stereocenters. The van der Waals surface area contributed by atoms with Crippen LogP contribution in [0.1, 0.15) is 12.8 Å². The molecule has 0 aromatic heterocycles. The van der Waals surface area contributed by atoms with Crippen molar-refractivity contribution in [3.63, 3.8) is 0 Å². The van der Waals surface area contributed by atoms with E-state index in [9.17, 15) is 14.4 Å². The van der Waals surface area contributed by atoms with Crippen LogP contribution < -0.4 is 0 Å². The highest BCUT2D eigenvalue weighted by atomic mass is 16.6. The van der Waals surface area contributed by atoms with Crippen LogP contribution in [0.4, 0.5) is 9.59 Å². The number of hydrogen-bond donors (Lipinski definition) is 1. The fraction of sp³-hybridized carbons (Fsp3) is 0.583. The van der Waals surface area contributed by atoms with E-state index in [1.165, 1.54) is 15.9 Å². The Kier molecular flexibility index (Phi) is 2.81. The second kappa shape index (κ2) is 4.39. The highest BCUT2D eigenvalue weighted by Crippen LogP contribution is 2.35. The van der Waals surface area contributed by atoms with Gasteiger partial charge in [0.25, 0.3) is 0 Å². The van der Waals surface area contributed by atoms with Gasteiger partial charge in [-0.3, -0.25) is 4.90 Å². The molecule has 20 heavy (non-hydrogen) atoms. The number of cyclic esters (lactones) is 1. The van der Waals surface area contributed by atoms with Gasteiger partial charge in [-0.2, -0.15) is 0 Å². The van der Waals surface area contributed by atoms with Crippen LogP contribution in [0.25, 0.3) is 0 Å². The summed E-state index contributed by atoms with van der Waals surface area (Å²) in [6.07, 6.45) is 0.747. The molecule has 1 N–H and O–H groups in total. The molecule has 3 heterocycles. The summed E-state index contributed by atoms with van der Waals surface area (Å²) in [7, 11) is 0. The van der Waals surface area contributed by atoms with Crippen LogP contribution in [0.2, 0.25) is 0 Å². The Balaban J connectivity index is 1.69. The van der Waals surface area contributed by atoms with Gasteiger partial charge in [0.05, 0.1) is 12.2 Å². The lowest BCUT2D eigenvalue weighted by atomic mass is 9.91. The average molecular weight is 282 g/mol. The molecule has 2 fully saturated rings. The number of esters is 1. The predicted molar refractivity (Wildman–Crippen MR) is 63.8 cm³/mol. The van der Waals surface area contributed by atoms with Gasteiger partial charge < -0.3 is 19.5 Å². The van der Waals surface area contributed by atoms with E-state index in [0.717, 1.165) is 0 Å². The molecule has 1 spiro atoms. The summed E-state index contributed by atoms with van der Waals surface area (Å²) >= 11 is 0. The summed E-state index contributed by atoms with van der Waals surface area (Å²) in [5, 5.41) is 8.92. The Hall–Kier alpha value is -2.25. The molecule has 0 atom stereocenters. The maximum atomic E-state index is 11.9. The van der Waals surface area contributed by atoms with Gasteiger partial charge in [-0.15, -0.1) is 0 Å². The maximum absolute atomic E-state index is 11.9. The molecule has 3 aliphatic rings. The van der Waals surface area contributed by atoms with Gasteiger partial charge in [0, 0.05) is 32.0 Å². The minimum absolute atomic E-state index is 0.0747. The Morgan fingerprint density at radius 2 is 2.00 bits per heavy atom. The van der Waals surface area contributed by atoms with Crippen LogP contribution in [-0.4, -0.2) is 64.9 Å². The van der Waals surface area contributed by atoms with Gasteiger partial charge >= 0.3 is 18.2 Å². The summed E-state index contributed by atoms with van der Waals surface area (Å²) in [5.74, 6) is -0.463. The zero-order valence-electron chi connectivity index (χ0n) is 10.7. The van der Waals surface area contributed by atoms with E-state index in [1.54, 1.807) is 0 Å². The summed E-state index contributed by atoms with van der Waals surface area (Å²) in [5.41, 5.74) is -0.160. The first-order valence-electron chi connectivity index (χ1n) is 6.35. The van der Waals surface area contributed by atoms with Crippen molar-refractivity contribution in [1.29, 1.82) is 0 Å². The molecular weight excluding hydrogens is 268 g/mol. The normalized spacial score (nSPS) is 24.7. The minimum Gasteiger partial charge on any atom is -0.465 e. The fourth-order valence-corrected chi connectivity index (χ4v) is 2.73. The predicted octanol–water partition coefficient (Wildman–Crippen LogP) is 0.392. The van der Waals surface area contributed by atoms with E-state index >= 15 is 0 Å². The Bertz CT molecular complexity index is 506. The number of amides is 2. The van der Waals surface area contributed by atoms with Gasteiger partial charge in [0.1, 0.15) is 12.2 Å². The number of rotatable bonds is 1. The van der Waals surface area contributed by atoms with Crippen molar-refractivity contribution >= 4 is 18.2 Å². The lowest BCUT2D eigenvalue weighted by molar-refractivity contribution is -0.135. The van der Waals surface area contributed by atoms with Crippen molar-refractivity contribution in [3.05, 3.63) is 11.8 Å². The van der Waals surface area contributed by atoms with E-state index in [2.05, 4.69) is 0 Å². The molecule has 0 radical (unpaired) electrons. The van der Waals surface area contributed by atoms with Crippen molar-refractivity contribution in [1.82, 2.24) is 9.80 Å². The molecule has 8 heteroatoms. The largest absolute Gasteiger partial charge is 0.465 e. The summed E-state index contributed by atoms with van der Waals surface area (Å²) in [4.78, 5) is 36.6. The number of carbonyl (C=O) groups is 3. The minimum atomic E-state index is -0.960. The molecule has 0 saturated carbocycles. The van der Waals surface area contributed by atoms with Crippen LogP contribution in [0.5, 0.6) is 0 Å². The van der Waals surface area contributed by atoms with Gasteiger partial charge in [0.2, 0.25) is 0 Å². The highest BCUT2D eigenvalue weighted by Gasteiger charge is 2.49. The third-order valence-electron chi connectivity index (χ3n) is 3.91. The van der Waals surface area contributed by atoms with Crippen molar-refractivity contribution in [2.75, 3.05) is 26.2 Å². The lowest BCUT2D eigenvalue weighted by Gasteiger charge is -2.35. The molecule has 3 aliphatic heterocycles. The Morgan fingerprint density at radius 3 is 2.55 bits per heavy atom. The topological polar surface area (TPSA) is 96.4 Å². The van der Waals surface area contributed by atoms with Gasteiger partial charge in [-0.05, 0) is 0 Å². The van der Waals surface area contributed by atoms with Crippen molar-refractivity contribution in [2.45, 2.75) is 18.4 Å². The molecule has 2 saturated heterocycles. The SMILES string of the molecule is O=C1C=C(N2CC3(CCN(C(=O)O)CC3)OC2=O)CO1. The van der Waals surface area contributed by atoms with Crippen LogP contribution in [0.15, 0.2) is 11.8 Å². The fourth-order valence-electron chi connectivity index (χ4n) is 2.73. The Labute approximate surface area is 114 Å². The van der Waals surface area contributed by atoms with Gasteiger partial charge in [-0.1, -0.05) is 0 Å². The van der Waals surface area contributed by atoms with Crippen LogP contribution >= 0.6 is 0 Å². The van der Waals surface area contributed by atoms with Gasteiger partial charge in [-0.25, -0.2) is 14.4 Å². The Morgan fingerprint density at radius 1 is 1.30 bits per heavy atom. The van der Waals surface area contributed by atoms with Crippen molar-refractivity contribution in [2.24, 2.45) is 0 Å². The second-order valence-corrected chi connectivity index (χ2v) is 5.15. The van der Waals surface area contributed by atoms with E-state index in [0.29, 0.717) is 38.2 Å². The zero-order valence-corrected chi connectivity index (χ0v) is 10.7. The summed E-state index contributed by atoms with van der Waals surface area (Å²) < 4.78 is 10.2. The summed E-state index contributed by atoms with van der Waals surface area (Å²) in [6.45, 7) is 1.09. The van der Waals surface area contributed by atoms with Crippen LogP contribution in [0, 0.1) is 0 Å². The van der Waals surface area contributed by atoms with E-state index in [4.69, 9.17) is 14.6 Å². The smallest absolute Gasteiger partial charge is 0.414 e. The van der Waals surface area contributed by atoms with Gasteiger partial charge in [0.15, 0.2) is 0 Å². The second-order valence-electron chi connectivity index (χ2n) is 5.15. The van der Waals surface area contributed by atoms with Crippen molar-refractivity contribution in [3.8, 4) is 0 Å². The summed E-state index contributed by atoms with van der Waals surface area (Å²) in [6, 6.07) is 0. The first-order chi connectivity index (χ1) is 9.49. The number of piperidine rings is 1. The first-order valence-corrected chi connectivity index (χ1v) is 6.35. The zero-order chi connectivity index (χ0) is 14.3. The third-order valence-corrected chi connectivity index (χ3v) is 3.91. The average Bonchev–Trinajstić information content (AvgIpc) is 2.95. The number of nitrogens with zero attached hydrogens (tertiary/aromatic N) is 2. The molecule has 2 amide bonds. The number of hydrogen-bond acceptors (Lipinski definition) is 5. The molecule has 108 valence electrons. The number of likely N-dealkylation sites (tertiary alicyclic amines) is 1. The molecule has 8 nitrogen and oxygen atoms in total. The van der Waals surface area contributed by atoms with Crippen LogP contribution in [-0.2, 0) is 14.3 Å². The van der Waals surface area contributed by atoms with E-state index in [-0.39, 0.29) is 6.61 Å². The highest BCUT2D eigenvalue weighted by molar-refractivity contribution is 5.87. The monoisotopic (exact) mass is 282 g/mol.